The first-order valence-electron chi connectivity index (χ1n) is 6.86. The van der Waals surface area contributed by atoms with Crippen LogP contribution in [0.15, 0.2) is 30.3 Å². The Hall–Kier alpha value is -1.84. The van der Waals surface area contributed by atoms with Crippen molar-refractivity contribution >= 4 is 11.8 Å². The van der Waals surface area contributed by atoms with Crippen LogP contribution in [-0.2, 0) is 6.42 Å². The first-order chi connectivity index (χ1) is 9.10. The van der Waals surface area contributed by atoms with Crippen LogP contribution < -0.4 is 10.6 Å². The predicted molar refractivity (Wildman–Crippen MR) is 62.4 cm³/mol. The van der Waals surface area contributed by atoms with Gasteiger partial charge >= 0.3 is 0 Å². The monoisotopic (exact) mass is 209 g/mol. The Morgan fingerprint density at radius 1 is 1.40 bits per heavy atom. The Bertz CT molecular complexity index is 521. The number of amidine groups is 1. The molecule has 0 bridgehead atoms. The third-order valence-electron chi connectivity index (χ3n) is 1.48. The van der Waals surface area contributed by atoms with Gasteiger partial charge in [0.2, 0.25) is 0 Å². The van der Waals surface area contributed by atoms with Gasteiger partial charge in [-0.3, -0.25) is 10.8 Å². The number of hydrogen-bond acceptors (Lipinski definition) is 2. The lowest BCUT2D eigenvalue weighted by Gasteiger charge is -2.08. The number of nitrogens with one attached hydrogen (secondary N) is 4. The van der Waals surface area contributed by atoms with Crippen molar-refractivity contribution in [2.75, 3.05) is 6.50 Å². The Morgan fingerprint density at radius 3 is 2.67 bits per heavy atom. The van der Waals surface area contributed by atoms with Gasteiger partial charge in [-0.15, -0.1) is 0 Å². The molecule has 1 rings (SSSR count). The maximum atomic E-state index is 7.77. The molecule has 1 aromatic rings. The first-order valence-corrected chi connectivity index (χ1v) is 4.36. The zero-order valence-corrected chi connectivity index (χ0v) is 8.36. The van der Waals surface area contributed by atoms with Crippen molar-refractivity contribution in [3.8, 4) is 0 Å². The summed E-state index contributed by atoms with van der Waals surface area (Å²) >= 11 is 0. The molecular weight excluding hydrogens is 188 g/mol. The van der Waals surface area contributed by atoms with Crippen LogP contribution in [0.25, 0.3) is 0 Å². The molecule has 0 radical (unpaired) electrons. The van der Waals surface area contributed by atoms with Crippen LogP contribution in [0.2, 0.25) is 0 Å². The van der Waals surface area contributed by atoms with Crippen molar-refractivity contribution in [3.05, 3.63) is 35.8 Å². The Morgan fingerprint density at radius 2 is 2.07 bits per heavy atom. The fourth-order valence-corrected chi connectivity index (χ4v) is 0.896. The molecular formula is C11H16N4. The van der Waals surface area contributed by atoms with Crippen molar-refractivity contribution < 1.29 is 6.85 Å². The summed E-state index contributed by atoms with van der Waals surface area (Å²) in [5.41, 5.74) is 0.396. The van der Waals surface area contributed by atoms with Gasteiger partial charge in [-0.2, -0.15) is 0 Å². The highest BCUT2D eigenvalue weighted by Crippen LogP contribution is 1.97. The summed E-state index contributed by atoms with van der Waals surface area (Å²) in [4.78, 5) is 0. The molecule has 0 aliphatic carbocycles. The normalized spacial score (nSPS) is 15.1. The van der Waals surface area contributed by atoms with E-state index in [0.717, 1.165) is 0 Å². The van der Waals surface area contributed by atoms with E-state index >= 15 is 0 Å². The minimum Gasteiger partial charge on any atom is -0.356 e. The molecule has 4 nitrogen and oxygen atoms in total. The van der Waals surface area contributed by atoms with E-state index in [9.17, 15) is 0 Å². The molecule has 80 valence electrons. The molecule has 1 aromatic carbocycles. The maximum Gasteiger partial charge on any atom is 0.193 e. The van der Waals surface area contributed by atoms with Crippen molar-refractivity contribution in [3.63, 3.8) is 0 Å². The molecule has 15 heavy (non-hydrogen) atoms. The van der Waals surface area contributed by atoms with E-state index in [4.69, 9.17) is 17.7 Å². The van der Waals surface area contributed by atoms with Crippen molar-refractivity contribution in [2.45, 2.75) is 13.3 Å². The second kappa shape index (κ2) is 5.80. The molecule has 4 N–H and O–H groups in total. The molecule has 4 heteroatoms. The lowest BCUT2D eigenvalue weighted by atomic mass is 10.1. The second-order valence-corrected chi connectivity index (χ2v) is 2.88. The highest BCUT2D eigenvalue weighted by molar-refractivity contribution is 5.95. The third-order valence-corrected chi connectivity index (χ3v) is 1.48. The van der Waals surface area contributed by atoms with Crippen LogP contribution in [0.3, 0.4) is 0 Å². The van der Waals surface area contributed by atoms with Gasteiger partial charge in [-0.25, -0.2) is 0 Å². The number of aryl methyl sites for hydroxylation is 1. The van der Waals surface area contributed by atoms with Gasteiger partial charge in [0.05, 0.1) is 9.95 Å². The number of guanidine groups is 1. The summed E-state index contributed by atoms with van der Waals surface area (Å²) in [6.07, 6.45) is -0.161. The number of hydrogen-bond donors (Lipinski definition) is 4. The van der Waals surface area contributed by atoms with Crippen molar-refractivity contribution in [1.82, 2.24) is 10.6 Å². The maximum absolute atomic E-state index is 7.77. The van der Waals surface area contributed by atoms with Crippen molar-refractivity contribution in [2.24, 2.45) is 0 Å². The molecule has 0 saturated carbocycles. The summed E-state index contributed by atoms with van der Waals surface area (Å²) < 4.78 is 38.0. The summed E-state index contributed by atoms with van der Waals surface area (Å²) in [7, 11) is 0. The summed E-state index contributed by atoms with van der Waals surface area (Å²) in [5, 5.41) is 19.2. The van der Waals surface area contributed by atoms with Gasteiger partial charge in [0.15, 0.2) is 5.96 Å². The standard InChI is InChI=1S/C11H16N4/c1-9(12)15-11(13)14-8-7-10-5-3-2-4-6-10/h2-6H,7-8H2,1H3,(H4,12,13,14,15)/i2D,3D,4D,8D2. The van der Waals surface area contributed by atoms with E-state index in [-0.39, 0.29) is 36.3 Å². The molecule has 0 heterocycles. The molecule has 0 aliphatic rings. The van der Waals surface area contributed by atoms with E-state index in [1.807, 2.05) is 0 Å². The van der Waals surface area contributed by atoms with Crippen LogP contribution >= 0.6 is 0 Å². The molecule has 0 aromatic heterocycles. The van der Waals surface area contributed by atoms with Crippen molar-refractivity contribution in [1.29, 1.82) is 10.8 Å². The van der Waals surface area contributed by atoms with Crippen LogP contribution in [0, 0.1) is 10.8 Å². The van der Waals surface area contributed by atoms with E-state index in [1.54, 1.807) is 0 Å². The van der Waals surface area contributed by atoms with Crippen LogP contribution in [0.5, 0.6) is 0 Å². The smallest absolute Gasteiger partial charge is 0.193 e. The van der Waals surface area contributed by atoms with Gasteiger partial charge in [0.1, 0.15) is 0 Å². The first kappa shape index (κ1) is 5.90. The lowest BCUT2D eigenvalue weighted by molar-refractivity contribution is 0.842. The van der Waals surface area contributed by atoms with Gasteiger partial charge in [-0.05, 0) is 18.9 Å². The van der Waals surface area contributed by atoms with Crippen LogP contribution in [0.4, 0.5) is 0 Å². The fourth-order valence-electron chi connectivity index (χ4n) is 0.896. The highest BCUT2D eigenvalue weighted by Gasteiger charge is 1.95. The summed E-state index contributed by atoms with van der Waals surface area (Å²) in [5.74, 6) is -0.324. The number of rotatable bonds is 3. The van der Waals surface area contributed by atoms with Gasteiger partial charge in [-0.1, -0.05) is 30.3 Å². The van der Waals surface area contributed by atoms with E-state index < -0.39 is 6.50 Å². The van der Waals surface area contributed by atoms with Gasteiger partial charge in [0.25, 0.3) is 0 Å². The highest BCUT2D eigenvalue weighted by atomic mass is 15.1. The predicted octanol–water partition coefficient (Wildman–Crippen LogP) is 1.34. The zero-order valence-electron chi connectivity index (χ0n) is 13.4. The molecule has 0 fully saturated rings. The van der Waals surface area contributed by atoms with Gasteiger partial charge < -0.3 is 10.6 Å². The Labute approximate surface area is 96.8 Å². The lowest BCUT2D eigenvalue weighted by Crippen LogP contribution is -2.39. The van der Waals surface area contributed by atoms with Crippen LogP contribution in [-0.4, -0.2) is 18.3 Å². The third kappa shape index (κ3) is 4.81. The average molecular weight is 209 g/mol. The summed E-state index contributed by atoms with van der Waals surface area (Å²) in [6, 6.07) is 2.20. The Kier molecular flexibility index (Phi) is 2.28. The molecule has 0 saturated heterocycles. The fraction of sp³-hybridized carbons (Fsp3) is 0.273. The average Bonchev–Trinajstić information content (AvgIpc) is 2.22. The quantitative estimate of drug-likeness (QED) is 0.448. The second-order valence-electron chi connectivity index (χ2n) is 2.88. The van der Waals surface area contributed by atoms with Crippen LogP contribution in [0.1, 0.15) is 19.3 Å². The van der Waals surface area contributed by atoms with E-state index in [0.29, 0.717) is 5.56 Å². The largest absolute Gasteiger partial charge is 0.356 e. The molecule has 0 amide bonds. The van der Waals surface area contributed by atoms with E-state index in [2.05, 4.69) is 10.6 Å². The summed E-state index contributed by atoms with van der Waals surface area (Å²) in [6.45, 7) is -0.542. The zero-order chi connectivity index (χ0) is 15.5. The molecule has 0 aliphatic heterocycles. The molecule has 0 spiro atoms. The molecule has 0 atom stereocenters. The number of benzene rings is 1. The minimum absolute atomic E-state index is 0.0127. The SMILES string of the molecule is [2H]c1cc(CC([2H])([2H])NC(=N)NC(C)=N)cc([2H])c1[2H]. The van der Waals surface area contributed by atoms with Gasteiger partial charge in [0, 0.05) is 9.24 Å². The Balaban J connectivity index is 2.80. The topological polar surface area (TPSA) is 71.8 Å². The molecule has 0 unspecified atom stereocenters. The van der Waals surface area contributed by atoms with E-state index in [1.165, 1.54) is 19.1 Å². The minimum atomic E-state index is -1.97.